The highest BCUT2D eigenvalue weighted by molar-refractivity contribution is 5.77. The molecule has 1 aromatic carbocycles. The Morgan fingerprint density at radius 2 is 1.83 bits per heavy atom. The molecule has 2 aromatic heterocycles. The maximum atomic E-state index is 12.8. The molecule has 0 spiro atoms. The van der Waals surface area contributed by atoms with E-state index in [-0.39, 0.29) is 11.1 Å². The van der Waals surface area contributed by atoms with Crippen molar-refractivity contribution in [3.63, 3.8) is 0 Å². The Bertz CT molecular complexity index is 1190. The molecule has 3 rings (SSSR count). The number of aromatic nitrogens is 3. The average Bonchev–Trinajstić information content (AvgIpc) is 2.85. The lowest BCUT2D eigenvalue weighted by molar-refractivity contribution is 0.342. The normalized spacial score (nSPS) is 12.2. The van der Waals surface area contributed by atoms with Crippen molar-refractivity contribution < 1.29 is 0 Å². The number of nitrogens with zero attached hydrogens (tertiary/aromatic N) is 6. The number of rotatable bonds is 4. The Labute approximate surface area is 170 Å². The summed E-state index contributed by atoms with van der Waals surface area (Å²) in [6.45, 7) is 12.7. The molecular formula is C22H28N6O. The molecule has 0 saturated heterocycles. The van der Waals surface area contributed by atoms with Gasteiger partial charge in [-0.05, 0) is 47.2 Å². The molecular weight excluding hydrogens is 364 g/mol. The summed E-state index contributed by atoms with van der Waals surface area (Å²) in [4.78, 5) is 20.6. The summed E-state index contributed by atoms with van der Waals surface area (Å²) in [6.07, 6.45) is 0. The van der Waals surface area contributed by atoms with E-state index in [1.54, 1.807) is 16.2 Å². The van der Waals surface area contributed by atoms with Gasteiger partial charge in [0.05, 0.1) is 16.7 Å². The summed E-state index contributed by atoms with van der Waals surface area (Å²) in [7, 11) is 1.76. The van der Waals surface area contributed by atoms with Gasteiger partial charge in [0.1, 0.15) is 0 Å². The lowest BCUT2D eigenvalue weighted by Crippen LogP contribution is -2.27. The first-order valence-corrected chi connectivity index (χ1v) is 9.69. The Hall–Kier alpha value is -3.05. The first-order chi connectivity index (χ1) is 13.4. The number of aryl methyl sites for hydroxylation is 2. The summed E-state index contributed by atoms with van der Waals surface area (Å²) in [5.41, 5.74) is 13.4. The molecule has 0 unspecified atom stereocenters. The van der Waals surface area contributed by atoms with Crippen LogP contribution < -0.4 is 5.69 Å². The maximum absolute atomic E-state index is 12.8. The van der Waals surface area contributed by atoms with Gasteiger partial charge in [-0.2, -0.15) is 0 Å². The minimum Gasteiger partial charge on any atom is -0.290 e. The van der Waals surface area contributed by atoms with Crippen LogP contribution in [0.4, 0.5) is 0 Å². The zero-order chi connectivity index (χ0) is 21.6. The van der Waals surface area contributed by atoms with Crippen LogP contribution >= 0.6 is 0 Å². The van der Waals surface area contributed by atoms with Crippen molar-refractivity contribution in [3.05, 3.63) is 62.4 Å². The van der Waals surface area contributed by atoms with Crippen LogP contribution in [0.2, 0.25) is 0 Å². The summed E-state index contributed by atoms with van der Waals surface area (Å²) < 4.78 is 3.40. The van der Waals surface area contributed by atoms with Crippen LogP contribution in [0, 0.1) is 12.3 Å². The van der Waals surface area contributed by atoms with E-state index in [4.69, 9.17) is 10.5 Å². The van der Waals surface area contributed by atoms with Gasteiger partial charge in [-0.15, -0.1) is 0 Å². The molecule has 0 fully saturated rings. The largest absolute Gasteiger partial charge is 0.330 e. The Kier molecular flexibility index (Phi) is 5.05. The van der Waals surface area contributed by atoms with Gasteiger partial charge < -0.3 is 0 Å². The van der Waals surface area contributed by atoms with Gasteiger partial charge in [0, 0.05) is 24.1 Å². The van der Waals surface area contributed by atoms with E-state index in [9.17, 15) is 4.79 Å². The van der Waals surface area contributed by atoms with Crippen molar-refractivity contribution in [3.8, 4) is 11.3 Å². The van der Waals surface area contributed by atoms with Crippen LogP contribution in [0.5, 0.6) is 0 Å². The fourth-order valence-electron chi connectivity index (χ4n) is 3.50. The van der Waals surface area contributed by atoms with Crippen LogP contribution in [0.15, 0.2) is 40.2 Å². The van der Waals surface area contributed by atoms with Crippen LogP contribution in [0.3, 0.4) is 0 Å². The predicted octanol–water partition coefficient (Wildman–Crippen LogP) is 5.30. The van der Waals surface area contributed by atoms with Gasteiger partial charge in [0.25, 0.3) is 0 Å². The lowest BCUT2D eigenvalue weighted by Gasteiger charge is -2.20. The van der Waals surface area contributed by atoms with E-state index < -0.39 is 5.54 Å². The topological polar surface area (TPSA) is 88.6 Å². The van der Waals surface area contributed by atoms with Gasteiger partial charge >= 0.3 is 5.69 Å². The zero-order valence-electron chi connectivity index (χ0n) is 18.2. The summed E-state index contributed by atoms with van der Waals surface area (Å²) in [6, 6.07) is 9.92. The molecule has 0 bridgehead atoms. The molecule has 0 amide bonds. The minimum atomic E-state index is -0.663. The summed E-state index contributed by atoms with van der Waals surface area (Å²) in [5, 5.41) is 3.92. The second-order valence-corrected chi connectivity index (χ2v) is 9.31. The highest BCUT2D eigenvalue weighted by Gasteiger charge is 2.22. The molecule has 29 heavy (non-hydrogen) atoms. The second-order valence-electron chi connectivity index (χ2n) is 9.31. The third-order valence-corrected chi connectivity index (χ3v) is 5.13. The van der Waals surface area contributed by atoms with E-state index in [1.807, 2.05) is 51.1 Å². The predicted molar refractivity (Wildman–Crippen MR) is 117 cm³/mol. The van der Waals surface area contributed by atoms with Crippen LogP contribution in [0.25, 0.3) is 32.9 Å². The molecule has 0 aliphatic rings. The van der Waals surface area contributed by atoms with E-state index in [1.165, 1.54) is 0 Å². The number of imidazole rings is 1. The molecule has 0 saturated carbocycles. The van der Waals surface area contributed by atoms with Gasteiger partial charge in [0.15, 0.2) is 5.65 Å². The number of pyridine rings is 1. The number of fused-ring (bicyclic) bond motifs is 1. The van der Waals surface area contributed by atoms with Crippen molar-refractivity contribution in [2.24, 2.45) is 17.6 Å². The first kappa shape index (κ1) is 20.7. The van der Waals surface area contributed by atoms with Gasteiger partial charge in [-0.25, -0.2) is 9.78 Å². The monoisotopic (exact) mass is 392 g/mol. The molecule has 0 aliphatic heterocycles. The number of azide groups is 1. The fourth-order valence-corrected chi connectivity index (χ4v) is 3.50. The number of hydrogen-bond acceptors (Lipinski definition) is 3. The standard InChI is InChI=1S/C22H28N6O/c1-14-8-9-15(22(5,6)25-26-23)12-16(14)17-10-11-18-19(24-17)27(7)20(29)28(18)13-21(2,3)4/h8-12H,13H2,1-7H3. The maximum Gasteiger partial charge on any atom is 0.330 e. The Balaban J connectivity index is 2.19. The average molecular weight is 393 g/mol. The molecule has 152 valence electrons. The zero-order valence-corrected chi connectivity index (χ0v) is 18.2. The van der Waals surface area contributed by atoms with Crippen molar-refractivity contribution in [1.29, 1.82) is 0 Å². The van der Waals surface area contributed by atoms with Crippen LogP contribution in [-0.2, 0) is 19.1 Å². The second kappa shape index (κ2) is 7.08. The van der Waals surface area contributed by atoms with E-state index in [0.717, 1.165) is 27.9 Å². The molecule has 7 nitrogen and oxygen atoms in total. The fraction of sp³-hybridized carbons (Fsp3) is 0.455. The van der Waals surface area contributed by atoms with Crippen LogP contribution in [0.1, 0.15) is 45.7 Å². The third kappa shape index (κ3) is 3.91. The molecule has 0 atom stereocenters. The molecule has 0 aliphatic carbocycles. The highest BCUT2D eigenvalue weighted by Crippen LogP contribution is 2.31. The molecule has 0 radical (unpaired) electrons. The van der Waals surface area contributed by atoms with E-state index in [0.29, 0.717) is 12.2 Å². The van der Waals surface area contributed by atoms with E-state index >= 15 is 0 Å². The van der Waals surface area contributed by atoms with Gasteiger partial charge in [-0.1, -0.05) is 51.9 Å². The minimum absolute atomic E-state index is 0.0193. The molecule has 7 heteroatoms. The number of benzene rings is 1. The lowest BCUT2D eigenvalue weighted by atomic mass is 9.91. The van der Waals surface area contributed by atoms with Crippen molar-refractivity contribution >= 4 is 11.2 Å². The first-order valence-electron chi connectivity index (χ1n) is 9.69. The van der Waals surface area contributed by atoms with E-state index in [2.05, 4.69) is 30.8 Å². The molecule has 0 N–H and O–H groups in total. The van der Waals surface area contributed by atoms with Crippen molar-refractivity contribution in [2.75, 3.05) is 0 Å². The smallest absolute Gasteiger partial charge is 0.290 e. The summed E-state index contributed by atoms with van der Waals surface area (Å²) >= 11 is 0. The van der Waals surface area contributed by atoms with Crippen molar-refractivity contribution in [1.82, 2.24) is 14.1 Å². The highest BCUT2D eigenvalue weighted by atomic mass is 16.1. The summed E-state index contributed by atoms with van der Waals surface area (Å²) in [5.74, 6) is 0. The number of hydrogen-bond donors (Lipinski definition) is 0. The Morgan fingerprint density at radius 1 is 1.14 bits per heavy atom. The molecule has 2 heterocycles. The van der Waals surface area contributed by atoms with Gasteiger partial charge in [0.2, 0.25) is 0 Å². The van der Waals surface area contributed by atoms with Crippen LogP contribution in [-0.4, -0.2) is 14.1 Å². The van der Waals surface area contributed by atoms with Gasteiger partial charge in [-0.3, -0.25) is 9.13 Å². The molecule has 3 aromatic rings. The third-order valence-electron chi connectivity index (χ3n) is 5.13. The van der Waals surface area contributed by atoms with Crippen molar-refractivity contribution in [2.45, 2.75) is 53.6 Å². The SMILES string of the molecule is Cc1ccc(C(C)(C)N=[N+]=[N-])cc1-c1ccc2c(n1)n(C)c(=O)n2CC(C)(C)C. The quantitative estimate of drug-likeness (QED) is 0.342. The Morgan fingerprint density at radius 3 is 2.45 bits per heavy atom.